The van der Waals surface area contributed by atoms with Crippen molar-refractivity contribution in [2.45, 2.75) is 0 Å². The van der Waals surface area contributed by atoms with Crippen LogP contribution in [0.1, 0.15) is 0 Å². The van der Waals surface area contributed by atoms with E-state index in [0.29, 0.717) is 0 Å². The number of hydrogen-bond acceptors (Lipinski definition) is 2. The average molecular weight is 1020 g/mol. The predicted molar refractivity (Wildman–Crippen MR) is 339 cm³/mol. The van der Waals surface area contributed by atoms with Crippen LogP contribution in [-0.4, -0.2) is 0 Å². The van der Waals surface area contributed by atoms with Crippen molar-refractivity contribution in [3.05, 3.63) is 279 Å². The van der Waals surface area contributed by atoms with Crippen molar-refractivity contribution >= 4 is 109 Å². The van der Waals surface area contributed by atoms with Crippen LogP contribution in [0.3, 0.4) is 0 Å². The van der Waals surface area contributed by atoms with Gasteiger partial charge in [-0.1, -0.05) is 243 Å². The number of para-hydroxylation sites is 3. The number of benzene rings is 15. The molecule has 0 saturated carbocycles. The molecule has 0 aliphatic rings. The first kappa shape index (κ1) is 44.6. The summed E-state index contributed by atoms with van der Waals surface area (Å²) in [6.45, 7) is 0. The van der Waals surface area contributed by atoms with Crippen molar-refractivity contribution in [2.24, 2.45) is 0 Å². The highest BCUT2D eigenvalue weighted by molar-refractivity contribution is 6.30. The fourth-order valence-electron chi connectivity index (χ4n) is 13.5. The summed E-state index contributed by atoms with van der Waals surface area (Å²) in [6, 6.07) is 102. The van der Waals surface area contributed by atoms with Crippen LogP contribution in [0, 0.1) is 0 Å². The van der Waals surface area contributed by atoms with E-state index in [1.54, 1.807) is 0 Å². The fraction of sp³-hybridized carbons (Fsp3) is 0. The van der Waals surface area contributed by atoms with E-state index in [2.05, 4.69) is 279 Å². The Labute approximate surface area is 460 Å². The van der Waals surface area contributed by atoms with Gasteiger partial charge in [0.2, 0.25) is 0 Å². The van der Waals surface area contributed by atoms with Gasteiger partial charge in [0, 0.05) is 32.7 Å². The quantitative estimate of drug-likeness (QED) is 0.123. The molecule has 2 nitrogen and oxygen atoms in total. The summed E-state index contributed by atoms with van der Waals surface area (Å²) in [6.07, 6.45) is 0. The number of furan rings is 2. The standard InChI is InChI=1S/C78H46O2/c1-2-18-47(19-3-1)48-36-38-49(39-37-48)73-57-25-8-9-26-58(57)75(66-32-16-30-63-56-24-12-14-33-70(56)80-78(63)66)68-44-50(40-42-61(68)73)51-41-43-62-69(45-51)76(67-46-52-20-4-5-21-53(52)54-22-6-7-23-55(54)67)60-28-11-10-27-59(60)74(62)65-31-17-35-72-77(65)64-29-13-15-34-71(64)79-72/h1-46H. The summed E-state index contributed by atoms with van der Waals surface area (Å²) in [4.78, 5) is 0. The Balaban J connectivity index is 0.982. The van der Waals surface area contributed by atoms with E-state index in [-0.39, 0.29) is 0 Å². The Hall–Kier alpha value is -10.5. The van der Waals surface area contributed by atoms with E-state index >= 15 is 0 Å². The molecule has 0 aliphatic heterocycles. The molecule has 17 rings (SSSR count). The van der Waals surface area contributed by atoms with E-state index in [1.807, 2.05) is 0 Å². The minimum absolute atomic E-state index is 0.881. The van der Waals surface area contributed by atoms with Gasteiger partial charge in [-0.3, -0.25) is 0 Å². The SMILES string of the molecule is c1ccc(-c2ccc(-c3c4ccccc4c(-c4cccc5c4oc4ccccc45)c4cc(-c5ccc6c(-c7cccc8oc9ccccc9c78)c7ccccc7c(-c7cc8ccccc8c8ccccc78)c6c5)ccc34)cc2)cc1. The van der Waals surface area contributed by atoms with Crippen LogP contribution >= 0.6 is 0 Å². The highest BCUT2D eigenvalue weighted by Crippen LogP contribution is 2.52. The minimum Gasteiger partial charge on any atom is -0.456 e. The first-order chi connectivity index (χ1) is 39.7. The highest BCUT2D eigenvalue weighted by Gasteiger charge is 2.25. The maximum atomic E-state index is 6.90. The molecule has 370 valence electrons. The molecule has 0 bridgehead atoms. The zero-order valence-corrected chi connectivity index (χ0v) is 43.4. The van der Waals surface area contributed by atoms with Crippen LogP contribution in [0.5, 0.6) is 0 Å². The highest BCUT2D eigenvalue weighted by atomic mass is 16.3. The van der Waals surface area contributed by atoms with Crippen molar-refractivity contribution in [1.29, 1.82) is 0 Å². The zero-order chi connectivity index (χ0) is 52.4. The van der Waals surface area contributed by atoms with E-state index < -0.39 is 0 Å². The summed E-state index contributed by atoms with van der Waals surface area (Å²) in [5, 5.41) is 18.9. The van der Waals surface area contributed by atoms with Crippen molar-refractivity contribution < 1.29 is 8.83 Å². The van der Waals surface area contributed by atoms with Crippen molar-refractivity contribution in [3.8, 4) is 66.8 Å². The van der Waals surface area contributed by atoms with Gasteiger partial charge >= 0.3 is 0 Å². The topological polar surface area (TPSA) is 26.3 Å². The smallest absolute Gasteiger partial charge is 0.143 e. The monoisotopic (exact) mass is 1010 g/mol. The van der Waals surface area contributed by atoms with Gasteiger partial charge in [-0.05, 0) is 157 Å². The van der Waals surface area contributed by atoms with Crippen molar-refractivity contribution in [3.63, 3.8) is 0 Å². The molecule has 0 saturated heterocycles. The van der Waals surface area contributed by atoms with Gasteiger partial charge in [0.15, 0.2) is 0 Å². The molecule has 0 radical (unpaired) electrons. The summed E-state index contributed by atoms with van der Waals surface area (Å²) in [5.41, 5.74) is 17.6. The van der Waals surface area contributed by atoms with Gasteiger partial charge in [-0.15, -0.1) is 0 Å². The third-order valence-electron chi connectivity index (χ3n) is 17.0. The Morgan fingerprint density at radius 3 is 1.32 bits per heavy atom. The van der Waals surface area contributed by atoms with Crippen LogP contribution in [0.2, 0.25) is 0 Å². The minimum atomic E-state index is 0.881. The maximum absolute atomic E-state index is 6.90. The Bertz CT molecular complexity index is 5410. The van der Waals surface area contributed by atoms with E-state index in [1.165, 1.54) is 98.2 Å². The van der Waals surface area contributed by atoms with E-state index in [0.717, 1.165) is 77.1 Å². The Morgan fingerprint density at radius 2 is 0.625 bits per heavy atom. The first-order valence-electron chi connectivity index (χ1n) is 27.6. The Kier molecular flexibility index (Phi) is 9.75. The van der Waals surface area contributed by atoms with Crippen LogP contribution in [0.4, 0.5) is 0 Å². The summed E-state index contributed by atoms with van der Waals surface area (Å²) < 4.78 is 13.5. The van der Waals surface area contributed by atoms with E-state index in [4.69, 9.17) is 8.83 Å². The van der Waals surface area contributed by atoms with Crippen molar-refractivity contribution in [2.75, 3.05) is 0 Å². The molecular weight excluding hydrogens is 969 g/mol. The normalized spacial score (nSPS) is 12.0. The molecule has 0 N–H and O–H groups in total. The third-order valence-corrected chi connectivity index (χ3v) is 17.0. The van der Waals surface area contributed by atoms with Gasteiger partial charge < -0.3 is 8.83 Å². The van der Waals surface area contributed by atoms with Gasteiger partial charge in [-0.25, -0.2) is 0 Å². The van der Waals surface area contributed by atoms with Gasteiger partial charge in [0.1, 0.15) is 22.3 Å². The maximum Gasteiger partial charge on any atom is 0.143 e. The molecule has 17 aromatic rings. The molecule has 0 fully saturated rings. The zero-order valence-electron chi connectivity index (χ0n) is 43.4. The molecule has 2 heterocycles. The molecule has 0 spiro atoms. The largest absolute Gasteiger partial charge is 0.456 e. The van der Waals surface area contributed by atoms with E-state index in [9.17, 15) is 0 Å². The average Bonchev–Trinajstić information content (AvgIpc) is 4.12. The lowest BCUT2D eigenvalue weighted by atomic mass is 9.82. The second kappa shape index (κ2) is 17.5. The first-order valence-corrected chi connectivity index (χ1v) is 27.6. The molecular formula is C78H46O2. The fourth-order valence-corrected chi connectivity index (χ4v) is 13.5. The Morgan fingerprint density at radius 1 is 0.188 bits per heavy atom. The lowest BCUT2D eigenvalue weighted by molar-refractivity contribution is 0.669. The van der Waals surface area contributed by atoms with Crippen LogP contribution in [0.15, 0.2) is 288 Å². The number of hydrogen-bond donors (Lipinski definition) is 0. The molecule has 80 heavy (non-hydrogen) atoms. The number of fused-ring (bicyclic) bond motifs is 13. The van der Waals surface area contributed by atoms with Gasteiger partial charge in [0.25, 0.3) is 0 Å². The summed E-state index contributed by atoms with van der Waals surface area (Å²) >= 11 is 0. The molecule has 0 unspecified atom stereocenters. The van der Waals surface area contributed by atoms with Crippen LogP contribution in [-0.2, 0) is 0 Å². The predicted octanol–water partition coefficient (Wildman–Crippen LogP) is 22.4. The summed E-state index contributed by atoms with van der Waals surface area (Å²) in [7, 11) is 0. The van der Waals surface area contributed by atoms with Crippen LogP contribution in [0.25, 0.3) is 175 Å². The second-order valence-corrected chi connectivity index (χ2v) is 21.3. The van der Waals surface area contributed by atoms with Gasteiger partial charge in [0.05, 0.1) is 0 Å². The molecule has 0 atom stereocenters. The second-order valence-electron chi connectivity index (χ2n) is 21.3. The third kappa shape index (κ3) is 6.66. The molecule has 0 aliphatic carbocycles. The van der Waals surface area contributed by atoms with Crippen LogP contribution < -0.4 is 0 Å². The molecule has 2 aromatic heterocycles. The number of rotatable bonds is 6. The van der Waals surface area contributed by atoms with Gasteiger partial charge in [-0.2, -0.15) is 0 Å². The lowest BCUT2D eigenvalue weighted by Crippen LogP contribution is -1.94. The summed E-state index contributed by atoms with van der Waals surface area (Å²) in [5.74, 6) is 0. The molecule has 2 heteroatoms. The van der Waals surface area contributed by atoms with Crippen molar-refractivity contribution in [1.82, 2.24) is 0 Å². The lowest BCUT2D eigenvalue weighted by Gasteiger charge is -2.21. The molecule has 15 aromatic carbocycles. The molecule has 0 amide bonds.